The smallest absolute Gasteiger partial charge is 0.231 e. The van der Waals surface area contributed by atoms with Gasteiger partial charge in [0.2, 0.25) is 12.7 Å². The lowest BCUT2D eigenvalue weighted by Crippen LogP contribution is -2.36. The van der Waals surface area contributed by atoms with Crippen molar-refractivity contribution >= 4 is 29.9 Å². The molecule has 1 aromatic carbocycles. The van der Waals surface area contributed by atoms with Crippen LogP contribution >= 0.6 is 24.0 Å². The van der Waals surface area contributed by atoms with Crippen molar-refractivity contribution in [2.24, 2.45) is 4.99 Å². The third-order valence-electron chi connectivity index (χ3n) is 3.55. The molecule has 0 saturated heterocycles. The summed E-state index contributed by atoms with van der Waals surface area (Å²) in [5.74, 6) is 2.85. The largest absolute Gasteiger partial charge is 0.481 e. The Balaban J connectivity index is 0.00000225. The molecule has 2 heterocycles. The van der Waals surface area contributed by atoms with Crippen molar-refractivity contribution in [1.29, 1.82) is 0 Å². The standard InChI is InChI=1S/C17H20N4O3.HI/c1-18-17(20-10-13-4-3-5-16(21-13)22-2)19-9-12-6-7-14-15(8-12)24-11-23-14;/h3-8H,9-11H2,1-2H3,(H2,18,19,20);1H. The Hall–Kier alpha value is -2.23. The number of halogens is 1. The first-order valence-corrected chi connectivity index (χ1v) is 7.61. The zero-order valence-corrected chi connectivity index (χ0v) is 16.4. The van der Waals surface area contributed by atoms with Gasteiger partial charge in [0.15, 0.2) is 17.5 Å². The number of rotatable bonds is 5. The monoisotopic (exact) mass is 456 g/mol. The van der Waals surface area contributed by atoms with E-state index in [2.05, 4.69) is 20.6 Å². The molecular formula is C17H21IN4O3. The van der Waals surface area contributed by atoms with E-state index in [1.54, 1.807) is 14.2 Å². The van der Waals surface area contributed by atoms with Gasteiger partial charge in [0, 0.05) is 19.7 Å². The number of nitrogens with zero attached hydrogens (tertiary/aromatic N) is 2. The zero-order valence-electron chi connectivity index (χ0n) is 14.1. The van der Waals surface area contributed by atoms with E-state index in [1.165, 1.54) is 0 Å². The molecule has 1 aliphatic rings. The predicted molar refractivity (Wildman–Crippen MR) is 106 cm³/mol. The minimum absolute atomic E-state index is 0. The average molecular weight is 456 g/mol. The third kappa shape index (κ3) is 5.12. The highest BCUT2D eigenvalue weighted by atomic mass is 127. The summed E-state index contributed by atoms with van der Waals surface area (Å²) in [6, 6.07) is 11.5. The summed E-state index contributed by atoms with van der Waals surface area (Å²) < 4.78 is 15.8. The van der Waals surface area contributed by atoms with E-state index in [9.17, 15) is 0 Å². The quantitative estimate of drug-likeness (QED) is 0.409. The number of guanidine groups is 1. The van der Waals surface area contributed by atoms with Gasteiger partial charge in [0.25, 0.3) is 0 Å². The highest BCUT2D eigenvalue weighted by Gasteiger charge is 2.13. The van der Waals surface area contributed by atoms with Crippen molar-refractivity contribution in [1.82, 2.24) is 15.6 Å². The lowest BCUT2D eigenvalue weighted by molar-refractivity contribution is 0.174. The molecule has 7 nitrogen and oxygen atoms in total. The van der Waals surface area contributed by atoms with E-state index >= 15 is 0 Å². The molecule has 0 saturated carbocycles. The maximum absolute atomic E-state index is 5.38. The Bertz CT molecular complexity index is 740. The first-order chi connectivity index (χ1) is 11.8. The van der Waals surface area contributed by atoms with Crippen LogP contribution in [0, 0.1) is 0 Å². The number of aromatic nitrogens is 1. The minimum atomic E-state index is 0. The summed E-state index contributed by atoms with van der Waals surface area (Å²) in [5, 5.41) is 6.48. The van der Waals surface area contributed by atoms with Gasteiger partial charge in [0.1, 0.15) is 0 Å². The molecule has 25 heavy (non-hydrogen) atoms. The Morgan fingerprint density at radius 2 is 1.96 bits per heavy atom. The lowest BCUT2D eigenvalue weighted by Gasteiger charge is -2.12. The zero-order chi connectivity index (χ0) is 16.8. The number of aliphatic imine (C=N–C) groups is 1. The van der Waals surface area contributed by atoms with Crippen LogP contribution in [0.3, 0.4) is 0 Å². The van der Waals surface area contributed by atoms with Gasteiger partial charge in [0.05, 0.1) is 19.3 Å². The maximum Gasteiger partial charge on any atom is 0.231 e. The Morgan fingerprint density at radius 3 is 2.76 bits per heavy atom. The van der Waals surface area contributed by atoms with E-state index in [4.69, 9.17) is 14.2 Å². The van der Waals surface area contributed by atoms with Gasteiger partial charge in [-0.05, 0) is 23.8 Å². The second kappa shape index (κ2) is 9.30. The van der Waals surface area contributed by atoms with E-state index in [0.717, 1.165) is 22.8 Å². The molecule has 0 fully saturated rings. The third-order valence-corrected chi connectivity index (χ3v) is 3.55. The summed E-state index contributed by atoms with van der Waals surface area (Å²) in [4.78, 5) is 8.57. The molecule has 0 unspecified atom stereocenters. The van der Waals surface area contributed by atoms with Crippen LogP contribution in [0.2, 0.25) is 0 Å². The Morgan fingerprint density at radius 1 is 1.16 bits per heavy atom. The van der Waals surface area contributed by atoms with Crippen molar-refractivity contribution in [2.75, 3.05) is 21.0 Å². The summed E-state index contributed by atoms with van der Waals surface area (Å²) in [5.41, 5.74) is 1.96. The predicted octanol–water partition coefficient (Wildman–Crippen LogP) is 2.30. The second-order valence-corrected chi connectivity index (χ2v) is 5.14. The number of hydrogen-bond acceptors (Lipinski definition) is 5. The number of ether oxygens (including phenoxy) is 3. The Labute approximate surface area is 163 Å². The number of hydrogen-bond donors (Lipinski definition) is 2. The number of pyridine rings is 1. The number of fused-ring (bicyclic) bond motifs is 1. The normalized spacial score (nSPS) is 12.3. The molecule has 0 amide bonds. The van der Waals surface area contributed by atoms with Crippen LogP contribution in [0.15, 0.2) is 41.4 Å². The molecule has 2 aromatic rings. The fourth-order valence-electron chi connectivity index (χ4n) is 2.30. The molecule has 0 radical (unpaired) electrons. The van der Waals surface area contributed by atoms with Gasteiger partial charge in [-0.1, -0.05) is 12.1 Å². The van der Waals surface area contributed by atoms with Gasteiger partial charge in [-0.3, -0.25) is 4.99 Å². The second-order valence-electron chi connectivity index (χ2n) is 5.14. The minimum Gasteiger partial charge on any atom is -0.481 e. The number of benzene rings is 1. The summed E-state index contributed by atoms with van der Waals surface area (Å²) in [6.07, 6.45) is 0. The molecule has 0 spiro atoms. The van der Waals surface area contributed by atoms with Crippen LogP contribution < -0.4 is 24.8 Å². The van der Waals surface area contributed by atoms with Crippen molar-refractivity contribution < 1.29 is 14.2 Å². The average Bonchev–Trinajstić information content (AvgIpc) is 3.10. The molecule has 1 aliphatic heterocycles. The van der Waals surface area contributed by atoms with Gasteiger partial charge < -0.3 is 24.8 Å². The summed E-state index contributed by atoms with van der Waals surface area (Å²) in [7, 11) is 3.33. The van der Waals surface area contributed by atoms with Crippen LogP contribution in [0.4, 0.5) is 0 Å². The van der Waals surface area contributed by atoms with E-state index in [0.29, 0.717) is 24.9 Å². The molecule has 0 atom stereocenters. The van der Waals surface area contributed by atoms with Crippen molar-refractivity contribution in [3.63, 3.8) is 0 Å². The van der Waals surface area contributed by atoms with Crippen LogP contribution in [-0.4, -0.2) is 31.9 Å². The topological polar surface area (TPSA) is 77.0 Å². The molecule has 0 bridgehead atoms. The SMILES string of the molecule is CN=C(NCc1ccc2c(c1)OCO2)NCc1cccc(OC)n1.I. The van der Waals surface area contributed by atoms with Crippen LogP contribution in [-0.2, 0) is 13.1 Å². The highest BCUT2D eigenvalue weighted by Crippen LogP contribution is 2.32. The number of methoxy groups -OCH3 is 1. The summed E-state index contributed by atoms with van der Waals surface area (Å²) in [6.45, 7) is 1.46. The lowest BCUT2D eigenvalue weighted by atomic mass is 10.2. The molecule has 3 rings (SSSR count). The van der Waals surface area contributed by atoms with Crippen LogP contribution in [0.1, 0.15) is 11.3 Å². The fourth-order valence-corrected chi connectivity index (χ4v) is 2.30. The molecule has 8 heteroatoms. The van der Waals surface area contributed by atoms with Crippen molar-refractivity contribution in [3.8, 4) is 17.4 Å². The van der Waals surface area contributed by atoms with Crippen molar-refractivity contribution in [3.05, 3.63) is 47.7 Å². The maximum atomic E-state index is 5.38. The van der Waals surface area contributed by atoms with Crippen LogP contribution in [0.25, 0.3) is 0 Å². The Kier molecular flexibility index (Phi) is 7.11. The van der Waals surface area contributed by atoms with E-state index < -0.39 is 0 Å². The van der Waals surface area contributed by atoms with E-state index in [1.807, 2.05) is 36.4 Å². The van der Waals surface area contributed by atoms with E-state index in [-0.39, 0.29) is 30.8 Å². The van der Waals surface area contributed by atoms with Gasteiger partial charge in [-0.15, -0.1) is 24.0 Å². The molecule has 0 aliphatic carbocycles. The van der Waals surface area contributed by atoms with Crippen molar-refractivity contribution in [2.45, 2.75) is 13.1 Å². The summed E-state index contributed by atoms with van der Waals surface area (Å²) >= 11 is 0. The van der Waals surface area contributed by atoms with Crippen LogP contribution in [0.5, 0.6) is 17.4 Å². The van der Waals surface area contributed by atoms with Gasteiger partial charge >= 0.3 is 0 Å². The molecule has 134 valence electrons. The fraction of sp³-hybridized carbons (Fsp3) is 0.294. The number of nitrogens with one attached hydrogen (secondary N) is 2. The van der Waals surface area contributed by atoms with Gasteiger partial charge in [-0.2, -0.15) is 0 Å². The molecular weight excluding hydrogens is 435 g/mol. The highest BCUT2D eigenvalue weighted by molar-refractivity contribution is 14.0. The first-order valence-electron chi connectivity index (χ1n) is 7.61. The van der Waals surface area contributed by atoms with Gasteiger partial charge in [-0.25, -0.2) is 4.98 Å². The first kappa shape index (κ1) is 19.1. The molecule has 2 N–H and O–H groups in total. The molecule has 1 aromatic heterocycles.